The number of nitrogens with zero attached hydrogens (tertiary/aromatic N) is 1. The van der Waals surface area contributed by atoms with Crippen molar-refractivity contribution >= 4 is 38.5 Å². The largest absolute Gasteiger partial charge is 0.496 e. The molecule has 2 rings (SSSR count). The standard InChI is InChI=1S/C13H17BrINO2/c1-18-12-5-2-4-11(14)10(12)8-16-7-3-6-13(16,15)9-17/h2,4-5,17H,3,6-9H2,1H3. The second-order valence-electron chi connectivity index (χ2n) is 4.52. The van der Waals surface area contributed by atoms with Gasteiger partial charge in [-0.05, 0) is 31.5 Å². The number of likely N-dealkylation sites (tertiary alicyclic amines) is 1. The molecule has 1 aliphatic heterocycles. The Balaban J connectivity index is 2.24. The summed E-state index contributed by atoms with van der Waals surface area (Å²) in [5, 5.41) is 9.58. The van der Waals surface area contributed by atoms with Crippen LogP contribution in [-0.2, 0) is 6.54 Å². The topological polar surface area (TPSA) is 32.7 Å². The summed E-state index contributed by atoms with van der Waals surface area (Å²) in [6.45, 7) is 2.02. The van der Waals surface area contributed by atoms with Crippen LogP contribution in [0.25, 0.3) is 0 Å². The Kier molecular flexibility index (Phi) is 4.91. The molecule has 1 saturated heterocycles. The average molecular weight is 426 g/mol. The maximum Gasteiger partial charge on any atom is 0.124 e. The highest BCUT2D eigenvalue weighted by Gasteiger charge is 2.38. The maximum absolute atomic E-state index is 9.58. The van der Waals surface area contributed by atoms with Gasteiger partial charge in [-0.1, -0.05) is 44.6 Å². The Morgan fingerprint density at radius 1 is 1.56 bits per heavy atom. The molecule has 1 atom stereocenters. The smallest absolute Gasteiger partial charge is 0.124 e. The molecule has 18 heavy (non-hydrogen) atoms. The van der Waals surface area contributed by atoms with Gasteiger partial charge in [-0.15, -0.1) is 0 Å². The molecular weight excluding hydrogens is 409 g/mol. The number of rotatable bonds is 4. The van der Waals surface area contributed by atoms with Crippen molar-refractivity contribution in [2.24, 2.45) is 0 Å². The highest BCUT2D eigenvalue weighted by Crippen LogP contribution is 2.38. The Morgan fingerprint density at radius 2 is 2.33 bits per heavy atom. The van der Waals surface area contributed by atoms with Gasteiger partial charge in [-0.2, -0.15) is 0 Å². The zero-order valence-electron chi connectivity index (χ0n) is 10.3. The molecule has 1 aromatic rings. The van der Waals surface area contributed by atoms with Crippen molar-refractivity contribution in [3.8, 4) is 5.75 Å². The van der Waals surface area contributed by atoms with Crippen LogP contribution in [-0.4, -0.2) is 33.8 Å². The van der Waals surface area contributed by atoms with Crippen molar-refractivity contribution in [1.82, 2.24) is 4.90 Å². The molecule has 1 N–H and O–H groups in total. The molecule has 3 nitrogen and oxygen atoms in total. The van der Waals surface area contributed by atoms with Crippen molar-refractivity contribution in [1.29, 1.82) is 0 Å². The van der Waals surface area contributed by atoms with E-state index in [1.807, 2.05) is 18.2 Å². The number of halogens is 2. The Morgan fingerprint density at radius 3 is 3.00 bits per heavy atom. The highest BCUT2D eigenvalue weighted by molar-refractivity contribution is 14.1. The van der Waals surface area contributed by atoms with Crippen molar-refractivity contribution in [2.75, 3.05) is 20.3 Å². The van der Waals surface area contributed by atoms with Gasteiger partial charge in [-0.3, -0.25) is 4.90 Å². The molecule has 0 bridgehead atoms. The van der Waals surface area contributed by atoms with Crippen LogP contribution in [0, 0.1) is 0 Å². The van der Waals surface area contributed by atoms with E-state index in [9.17, 15) is 5.11 Å². The third-order valence-corrected chi connectivity index (χ3v) is 5.75. The van der Waals surface area contributed by atoms with Gasteiger partial charge in [0.2, 0.25) is 0 Å². The predicted octanol–water partition coefficient (Wildman–Crippen LogP) is 3.18. The van der Waals surface area contributed by atoms with Crippen molar-refractivity contribution in [3.63, 3.8) is 0 Å². The maximum atomic E-state index is 9.58. The Bertz CT molecular complexity index is 429. The Labute approximate surface area is 130 Å². The number of hydrogen-bond donors (Lipinski definition) is 1. The lowest BCUT2D eigenvalue weighted by molar-refractivity contribution is 0.140. The van der Waals surface area contributed by atoms with E-state index in [-0.39, 0.29) is 10.2 Å². The van der Waals surface area contributed by atoms with Gasteiger partial charge in [0.05, 0.1) is 17.3 Å². The van der Waals surface area contributed by atoms with Crippen LogP contribution in [0.3, 0.4) is 0 Å². The van der Waals surface area contributed by atoms with Crippen molar-refractivity contribution in [3.05, 3.63) is 28.2 Å². The summed E-state index contributed by atoms with van der Waals surface area (Å²) < 4.78 is 6.35. The number of ether oxygens (including phenoxy) is 1. The van der Waals surface area contributed by atoms with E-state index in [0.29, 0.717) is 0 Å². The molecule has 100 valence electrons. The van der Waals surface area contributed by atoms with Crippen LogP contribution >= 0.6 is 38.5 Å². The summed E-state index contributed by atoms with van der Waals surface area (Å²) in [4.78, 5) is 2.33. The van der Waals surface area contributed by atoms with Gasteiger partial charge >= 0.3 is 0 Å². The molecule has 1 aliphatic rings. The monoisotopic (exact) mass is 425 g/mol. The second kappa shape index (κ2) is 6.07. The van der Waals surface area contributed by atoms with Crippen LogP contribution < -0.4 is 4.74 Å². The lowest BCUT2D eigenvalue weighted by Gasteiger charge is -2.32. The van der Waals surface area contributed by atoms with Gasteiger partial charge in [0, 0.05) is 16.6 Å². The van der Waals surface area contributed by atoms with Gasteiger partial charge in [0.25, 0.3) is 0 Å². The first-order chi connectivity index (χ1) is 8.60. The number of aliphatic hydroxyl groups is 1. The molecule has 0 aromatic heterocycles. The van der Waals surface area contributed by atoms with Crippen LogP contribution in [0.2, 0.25) is 0 Å². The van der Waals surface area contributed by atoms with Gasteiger partial charge in [-0.25, -0.2) is 0 Å². The first kappa shape index (κ1) is 14.6. The van der Waals surface area contributed by atoms with Crippen LogP contribution in [0.4, 0.5) is 0 Å². The van der Waals surface area contributed by atoms with Gasteiger partial charge in [0.15, 0.2) is 0 Å². The van der Waals surface area contributed by atoms with Crippen LogP contribution in [0.5, 0.6) is 5.75 Å². The van der Waals surface area contributed by atoms with E-state index in [1.54, 1.807) is 7.11 Å². The molecule has 1 unspecified atom stereocenters. The molecule has 1 heterocycles. The fraction of sp³-hybridized carbons (Fsp3) is 0.538. The minimum absolute atomic E-state index is 0.127. The van der Waals surface area contributed by atoms with Crippen molar-refractivity contribution in [2.45, 2.75) is 22.9 Å². The summed E-state index contributed by atoms with van der Waals surface area (Å²) in [5.74, 6) is 0.896. The highest BCUT2D eigenvalue weighted by atomic mass is 127. The molecule has 0 spiro atoms. The molecule has 1 fully saturated rings. The van der Waals surface area contributed by atoms with Gasteiger partial charge in [0.1, 0.15) is 5.75 Å². The van der Waals surface area contributed by atoms with Crippen molar-refractivity contribution < 1.29 is 9.84 Å². The quantitative estimate of drug-likeness (QED) is 0.457. The molecule has 0 amide bonds. The first-order valence-electron chi connectivity index (χ1n) is 5.97. The molecule has 5 heteroatoms. The number of benzene rings is 1. The molecule has 1 aromatic carbocycles. The zero-order valence-corrected chi connectivity index (χ0v) is 14.1. The minimum atomic E-state index is -0.127. The Hall–Kier alpha value is 0.150. The summed E-state index contributed by atoms with van der Waals surface area (Å²) in [7, 11) is 1.69. The number of alkyl halides is 1. The lowest BCUT2D eigenvalue weighted by Crippen LogP contribution is -2.40. The minimum Gasteiger partial charge on any atom is -0.496 e. The zero-order chi connectivity index (χ0) is 13.2. The molecular formula is C13H17BrINO2. The fourth-order valence-corrected chi connectivity index (χ4v) is 3.64. The first-order valence-corrected chi connectivity index (χ1v) is 7.84. The fourth-order valence-electron chi connectivity index (χ4n) is 2.37. The normalized spacial score (nSPS) is 24.4. The summed E-state index contributed by atoms with van der Waals surface area (Å²) in [6, 6.07) is 5.98. The van der Waals surface area contributed by atoms with E-state index in [1.165, 1.54) is 0 Å². The van der Waals surface area contributed by atoms with E-state index in [2.05, 4.69) is 43.4 Å². The molecule has 0 saturated carbocycles. The number of aliphatic hydroxyl groups excluding tert-OH is 1. The third kappa shape index (κ3) is 2.84. The lowest BCUT2D eigenvalue weighted by atomic mass is 10.1. The van der Waals surface area contributed by atoms with E-state index < -0.39 is 0 Å². The van der Waals surface area contributed by atoms with Crippen LogP contribution in [0.1, 0.15) is 18.4 Å². The second-order valence-corrected chi connectivity index (χ2v) is 7.38. The number of methoxy groups -OCH3 is 1. The van der Waals surface area contributed by atoms with E-state index in [0.717, 1.165) is 41.7 Å². The van der Waals surface area contributed by atoms with E-state index in [4.69, 9.17) is 4.74 Å². The molecule has 0 aliphatic carbocycles. The summed E-state index contributed by atoms with van der Waals surface area (Å²) in [5.41, 5.74) is 1.15. The van der Waals surface area contributed by atoms with Gasteiger partial charge < -0.3 is 9.84 Å². The predicted molar refractivity (Wildman–Crippen MR) is 84.2 cm³/mol. The van der Waals surface area contributed by atoms with E-state index >= 15 is 0 Å². The summed E-state index contributed by atoms with van der Waals surface area (Å²) >= 11 is 5.96. The summed E-state index contributed by atoms with van der Waals surface area (Å²) in [6.07, 6.45) is 2.17. The average Bonchev–Trinajstić information content (AvgIpc) is 2.74. The SMILES string of the molecule is COc1cccc(Br)c1CN1CCCC1(I)CO. The molecule has 0 radical (unpaired) electrons. The van der Waals surface area contributed by atoms with Crippen LogP contribution in [0.15, 0.2) is 22.7 Å². The third-order valence-electron chi connectivity index (χ3n) is 3.44. The number of hydrogen-bond acceptors (Lipinski definition) is 3.